The average Bonchev–Trinajstić information content (AvgIpc) is 2.89. The number of nitrogens with zero attached hydrogens (tertiary/aromatic N) is 2. The normalized spacial score (nSPS) is 10.9. The molecule has 0 saturated carbocycles. The fourth-order valence-electron chi connectivity index (χ4n) is 2.05. The zero-order valence-corrected chi connectivity index (χ0v) is 11.5. The number of aromatic nitrogens is 2. The lowest BCUT2D eigenvalue weighted by molar-refractivity contribution is 0.369. The van der Waals surface area contributed by atoms with Gasteiger partial charge in [0.05, 0.1) is 0 Å². The topological polar surface area (TPSA) is 64.9 Å². The molecule has 0 radical (unpaired) electrons. The van der Waals surface area contributed by atoms with E-state index in [2.05, 4.69) is 10.1 Å². The van der Waals surface area contributed by atoms with Crippen molar-refractivity contribution in [3.63, 3.8) is 0 Å². The summed E-state index contributed by atoms with van der Waals surface area (Å²) in [5.74, 6) is 0.928. The Bertz CT molecular complexity index is 527. The molecule has 0 amide bonds. The smallest absolute Gasteiger partial charge is 0.226 e. The summed E-state index contributed by atoms with van der Waals surface area (Å²) in [4.78, 5) is 4.30. The highest BCUT2D eigenvalue weighted by Crippen LogP contribution is 2.12. The predicted molar refractivity (Wildman–Crippen MR) is 74.7 cm³/mol. The van der Waals surface area contributed by atoms with Crippen LogP contribution < -0.4 is 5.73 Å². The van der Waals surface area contributed by atoms with Gasteiger partial charge in [-0.25, -0.2) is 4.39 Å². The van der Waals surface area contributed by atoms with Crippen molar-refractivity contribution in [2.45, 2.75) is 38.5 Å². The molecule has 0 saturated heterocycles. The van der Waals surface area contributed by atoms with E-state index < -0.39 is 0 Å². The average molecular weight is 277 g/mol. The Morgan fingerprint density at radius 3 is 2.70 bits per heavy atom. The van der Waals surface area contributed by atoms with Gasteiger partial charge in [0.15, 0.2) is 5.82 Å². The van der Waals surface area contributed by atoms with E-state index in [0.29, 0.717) is 23.7 Å². The van der Waals surface area contributed by atoms with Crippen LogP contribution in [-0.2, 0) is 12.8 Å². The van der Waals surface area contributed by atoms with E-state index in [9.17, 15) is 4.39 Å². The maximum absolute atomic E-state index is 13.5. The third-order valence-corrected chi connectivity index (χ3v) is 3.16. The molecule has 2 rings (SSSR count). The highest BCUT2D eigenvalue weighted by atomic mass is 19.1. The number of rotatable bonds is 8. The lowest BCUT2D eigenvalue weighted by Gasteiger charge is -1.98. The third-order valence-electron chi connectivity index (χ3n) is 3.16. The molecule has 0 bridgehead atoms. The van der Waals surface area contributed by atoms with Crippen molar-refractivity contribution in [1.29, 1.82) is 0 Å². The van der Waals surface area contributed by atoms with Crippen LogP contribution in [0.15, 0.2) is 28.8 Å². The molecule has 2 aromatic rings. The lowest BCUT2D eigenvalue weighted by atomic mass is 10.1. The van der Waals surface area contributed by atoms with Gasteiger partial charge in [-0.05, 0) is 31.0 Å². The van der Waals surface area contributed by atoms with Gasteiger partial charge in [-0.15, -0.1) is 0 Å². The van der Waals surface area contributed by atoms with Crippen LogP contribution in [0.1, 0.15) is 43.0 Å². The number of benzene rings is 1. The van der Waals surface area contributed by atoms with Gasteiger partial charge in [0.1, 0.15) is 5.82 Å². The summed E-state index contributed by atoms with van der Waals surface area (Å²) in [5, 5.41) is 3.89. The van der Waals surface area contributed by atoms with E-state index in [-0.39, 0.29) is 5.82 Å². The molecular formula is C15H20FN3O. The number of aryl methyl sites for hydroxylation is 1. The molecule has 1 aromatic carbocycles. The molecule has 1 aromatic heterocycles. The predicted octanol–water partition coefficient (Wildman–Crippen LogP) is 2.86. The van der Waals surface area contributed by atoms with Crippen LogP contribution >= 0.6 is 0 Å². The number of halogens is 1. The molecule has 1 heterocycles. The van der Waals surface area contributed by atoms with Gasteiger partial charge >= 0.3 is 0 Å². The monoisotopic (exact) mass is 277 g/mol. The minimum atomic E-state index is -0.236. The fourth-order valence-corrected chi connectivity index (χ4v) is 2.05. The van der Waals surface area contributed by atoms with Crippen LogP contribution in [0.4, 0.5) is 4.39 Å². The summed E-state index contributed by atoms with van der Waals surface area (Å²) in [5.41, 5.74) is 6.03. The van der Waals surface area contributed by atoms with Gasteiger partial charge in [0.2, 0.25) is 5.89 Å². The summed E-state index contributed by atoms with van der Waals surface area (Å²) >= 11 is 0. The summed E-state index contributed by atoms with van der Waals surface area (Å²) in [6.07, 6.45) is 5.46. The van der Waals surface area contributed by atoms with E-state index in [1.165, 1.54) is 6.07 Å². The quantitative estimate of drug-likeness (QED) is 0.753. The van der Waals surface area contributed by atoms with Crippen LogP contribution in [0.5, 0.6) is 0 Å². The Labute approximate surface area is 118 Å². The maximum atomic E-state index is 13.5. The highest BCUT2D eigenvalue weighted by Gasteiger charge is 2.09. The molecule has 0 aliphatic heterocycles. The molecule has 0 atom stereocenters. The molecule has 20 heavy (non-hydrogen) atoms. The van der Waals surface area contributed by atoms with Crippen LogP contribution in [0.25, 0.3) is 0 Å². The summed E-state index contributed by atoms with van der Waals surface area (Å²) in [7, 11) is 0. The molecule has 0 aliphatic rings. The van der Waals surface area contributed by atoms with Crippen molar-refractivity contribution in [2.75, 3.05) is 6.54 Å². The van der Waals surface area contributed by atoms with Gasteiger partial charge in [-0.3, -0.25) is 0 Å². The number of hydrogen-bond donors (Lipinski definition) is 1. The van der Waals surface area contributed by atoms with Gasteiger partial charge in [-0.1, -0.05) is 36.2 Å². The van der Waals surface area contributed by atoms with Crippen molar-refractivity contribution in [3.05, 3.63) is 47.4 Å². The largest absolute Gasteiger partial charge is 0.339 e. The van der Waals surface area contributed by atoms with E-state index in [4.69, 9.17) is 10.3 Å². The number of unbranched alkanes of at least 4 members (excludes halogenated alkanes) is 3. The standard InChI is InChI=1S/C15H20FN3O/c16-13-8-5-4-7-12(13)11-14-18-15(20-19-14)9-3-1-2-6-10-17/h4-5,7-8H,1-3,6,9-11,17H2. The van der Waals surface area contributed by atoms with Crippen molar-refractivity contribution in [1.82, 2.24) is 10.1 Å². The SMILES string of the molecule is NCCCCCCc1nc(Cc2ccccc2F)no1. The molecule has 4 nitrogen and oxygen atoms in total. The minimum absolute atomic E-state index is 0.236. The fraction of sp³-hybridized carbons (Fsp3) is 0.467. The Balaban J connectivity index is 1.82. The van der Waals surface area contributed by atoms with Crippen molar-refractivity contribution in [2.24, 2.45) is 5.73 Å². The molecule has 0 spiro atoms. The highest BCUT2D eigenvalue weighted by molar-refractivity contribution is 5.20. The Morgan fingerprint density at radius 2 is 1.90 bits per heavy atom. The summed E-state index contributed by atoms with van der Waals surface area (Å²) in [6, 6.07) is 6.64. The minimum Gasteiger partial charge on any atom is -0.339 e. The van der Waals surface area contributed by atoms with Gasteiger partial charge in [-0.2, -0.15) is 4.98 Å². The van der Waals surface area contributed by atoms with E-state index in [0.717, 1.165) is 38.6 Å². The van der Waals surface area contributed by atoms with Crippen molar-refractivity contribution < 1.29 is 8.91 Å². The van der Waals surface area contributed by atoms with E-state index in [1.54, 1.807) is 18.2 Å². The first-order chi connectivity index (χ1) is 9.79. The second kappa shape index (κ2) is 7.75. The Hall–Kier alpha value is -1.75. The summed E-state index contributed by atoms with van der Waals surface area (Å²) in [6.45, 7) is 0.743. The Morgan fingerprint density at radius 1 is 1.10 bits per heavy atom. The second-order valence-electron chi connectivity index (χ2n) is 4.83. The Kier molecular flexibility index (Phi) is 5.68. The van der Waals surface area contributed by atoms with E-state index >= 15 is 0 Å². The molecule has 108 valence electrons. The first-order valence-corrected chi connectivity index (χ1v) is 7.04. The first-order valence-electron chi connectivity index (χ1n) is 7.04. The van der Waals surface area contributed by atoms with Crippen molar-refractivity contribution >= 4 is 0 Å². The molecular weight excluding hydrogens is 257 g/mol. The van der Waals surface area contributed by atoms with Gasteiger partial charge < -0.3 is 10.3 Å². The zero-order valence-electron chi connectivity index (χ0n) is 11.5. The lowest BCUT2D eigenvalue weighted by Crippen LogP contribution is -1.98. The van der Waals surface area contributed by atoms with Crippen LogP contribution in [0.3, 0.4) is 0 Å². The first kappa shape index (κ1) is 14.7. The zero-order chi connectivity index (χ0) is 14.2. The third kappa shape index (κ3) is 4.42. The van der Waals surface area contributed by atoms with Crippen LogP contribution in [0, 0.1) is 5.82 Å². The van der Waals surface area contributed by atoms with E-state index in [1.807, 2.05) is 0 Å². The molecule has 0 aliphatic carbocycles. The van der Waals surface area contributed by atoms with Crippen LogP contribution in [0.2, 0.25) is 0 Å². The summed E-state index contributed by atoms with van der Waals surface area (Å²) < 4.78 is 18.7. The molecule has 0 fully saturated rings. The maximum Gasteiger partial charge on any atom is 0.226 e. The molecule has 0 unspecified atom stereocenters. The second-order valence-corrected chi connectivity index (χ2v) is 4.83. The van der Waals surface area contributed by atoms with Gasteiger partial charge in [0, 0.05) is 12.8 Å². The number of nitrogens with two attached hydrogens (primary N) is 1. The van der Waals surface area contributed by atoms with Crippen molar-refractivity contribution in [3.8, 4) is 0 Å². The van der Waals surface area contributed by atoms with Crippen LogP contribution in [-0.4, -0.2) is 16.7 Å². The molecule has 2 N–H and O–H groups in total. The number of hydrogen-bond acceptors (Lipinski definition) is 4. The van der Waals surface area contributed by atoms with Gasteiger partial charge in [0.25, 0.3) is 0 Å². The molecule has 5 heteroatoms.